The molecule has 0 aromatic carbocycles. The number of ether oxygens (including phenoxy) is 2. The first-order valence-corrected chi connectivity index (χ1v) is 12.2. The fourth-order valence-electron chi connectivity index (χ4n) is 4.92. The molecule has 0 spiro atoms. The number of hydrogen-bond donors (Lipinski definition) is 3. The van der Waals surface area contributed by atoms with E-state index in [1.807, 2.05) is 29.5 Å². The summed E-state index contributed by atoms with van der Waals surface area (Å²) in [5.41, 5.74) is 5.54. The molecule has 4 heterocycles. The molecule has 1 aromatic rings. The predicted molar refractivity (Wildman–Crippen MR) is 124 cm³/mol. The fraction of sp³-hybridized carbons (Fsp3) is 0.696. The van der Waals surface area contributed by atoms with Gasteiger partial charge in [0.15, 0.2) is 17.5 Å². The molecule has 1 aromatic heterocycles. The van der Waals surface area contributed by atoms with E-state index in [0.29, 0.717) is 26.2 Å². The predicted octanol–water partition coefficient (Wildman–Crippen LogP) is 0.756. The number of amides is 2. The standard InChI is InChI=1S/C23H33F3N6O4/c1-14-9-18-21(27-10-14)32-6-5-31(12-16(32)3-8-36-18)19(33)4-7-35-13-15(2)29-17-11-28-30-22(34)20(17)23(24,25)26/h9-10,15-17,20,28-29H,3-8,11-13H2,1-2H3,(H,30,34)/t15-,16-,17?,20?/m0/s1. The lowest BCUT2D eigenvalue weighted by Gasteiger charge is -2.41. The zero-order chi connectivity index (χ0) is 25.9. The number of rotatable bonds is 7. The normalized spacial score (nSPS) is 25.2. The second kappa shape index (κ2) is 11.2. The molecule has 4 atom stereocenters. The van der Waals surface area contributed by atoms with Gasteiger partial charge in [-0.3, -0.25) is 15.0 Å². The number of hydrogen-bond acceptors (Lipinski definition) is 8. The van der Waals surface area contributed by atoms with Gasteiger partial charge in [-0.2, -0.15) is 13.2 Å². The fourth-order valence-corrected chi connectivity index (χ4v) is 4.92. The van der Waals surface area contributed by atoms with Crippen LogP contribution in [0.2, 0.25) is 0 Å². The first-order chi connectivity index (χ1) is 17.1. The highest BCUT2D eigenvalue weighted by atomic mass is 19.4. The Labute approximate surface area is 207 Å². The summed E-state index contributed by atoms with van der Waals surface area (Å²) < 4.78 is 51.3. The lowest BCUT2D eigenvalue weighted by Crippen LogP contribution is -2.64. The van der Waals surface area contributed by atoms with Gasteiger partial charge in [-0.1, -0.05) is 0 Å². The Morgan fingerprint density at radius 3 is 2.97 bits per heavy atom. The van der Waals surface area contributed by atoms with Crippen molar-refractivity contribution in [2.75, 3.05) is 50.9 Å². The molecule has 2 unspecified atom stereocenters. The maximum Gasteiger partial charge on any atom is 0.402 e. The van der Waals surface area contributed by atoms with E-state index in [4.69, 9.17) is 9.47 Å². The SMILES string of the molecule is Cc1cnc2c(c1)OCC[C@H]1CN(C(=O)CCOC[C@H](C)NC3CNNC(=O)C3C(F)(F)F)CCN21. The summed E-state index contributed by atoms with van der Waals surface area (Å²) in [4.78, 5) is 33.1. The van der Waals surface area contributed by atoms with Crippen LogP contribution in [-0.4, -0.2) is 92.0 Å². The highest BCUT2D eigenvalue weighted by molar-refractivity contribution is 5.80. The zero-order valence-corrected chi connectivity index (χ0v) is 20.4. The molecule has 0 saturated carbocycles. The molecule has 4 rings (SSSR count). The molecular weight excluding hydrogens is 481 g/mol. The highest BCUT2D eigenvalue weighted by Gasteiger charge is 2.51. The first kappa shape index (κ1) is 26.4. The Morgan fingerprint density at radius 2 is 2.19 bits per heavy atom. The molecule has 13 heteroatoms. The third-order valence-electron chi connectivity index (χ3n) is 6.68. The third-order valence-corrected chi connectivity index (χ3v) is 6.68. The molecule has 36 heavy (non-hydrogen) atoms. The summed E-state index contributed by atoms with van der Waals surface area (Å²) in [6, 6.07) is 0.557. The van der Waals surface area contributed by atoms with Crippen LogP contribution in [0.25, 0.3) is 0 Å². The maximum atomic E-state index is 13.3. The lowest BCUT2D eigenvalue weighted by atomic mass is 9.96. The van der Waals surface area contributed by atoms with Crippen molar-refractivity contribution >= 4 is 17.6 Å². The number of nitrogens with one attached hydrogen (secondary N) is 3. The van der Waals surface area contributed by atoms with Crippen molar-refractivity contribution in [1.29, 1.82) is 0 Å². The number of hydrazine groups is 1. The van der Waals surface area contributed by atoms with E-state index in [-0.39, 0.29) is 38.1 Å². The van der Waals surface area contributed by atoms with Crippen LogP contribution < -0.4 is 25.8 Å². The van der Waals surface area contributed by atoms with Gasteiger partial charge in [0.05, 0.1) is 32.3 Å². The van der Waals surface area contributed by atoms with E-state index in [1.54, 1.807) is 6.92 Å². The summed E-state index contributed by atoms with van der Waals surface area (Å²) >= 11 is 0. The van der Waals surface area contributed by atoms with Crippen LogP contribution in [0.15, 0.2) is 12.3 Å². The monoisotopic (exact) mass is 514 g/mol. The number of fused-ring (bicyclic) bond motifs is 3. The molecule has 10 nitrogen and oxygen atoms in total. The average Bonchev–Trinajstić information content (AvgIpc) is 2.99. The Balaban J connectivity index is 1.21. The molecule has 3 N–H and O–H groups in total. The van der Waals surface area contributed by atoms with E-state index in [2.05, 4.69) is 20.6 Å². The van der Waals surface area contributed by atoms with Gasteiger partial charge < -0.3 is 24.6 Å². The van der Waals surface area contributed by atoms with Gasteiger partial charge in [0.25, 0.3) is 0 Å². The molecule has 0 aliphatic carbocycles. The van der Waals surface area contributed by atoms with Crippen molar-refractivity contribution in [1.82, 2.24) is 26.1 Å². The third kappa shape index (κ3) is 6.19. The number of anilines is 1. The number of halogens is 3. The smallest absolute Gasteiger partial charge is 0.402 e. The van der Waals surface area contributed by atoms with E-state index < -0.39 is 30.1 Å². The molecule has 2 amide bonds. The minimum absolute atomic E-state index is 0.0252. The van der Waals surface area contributed by atoms with E-state index in [9.17, 15) is 22.8 Å². The van der Waals surface area contributed by atoms with Gasteiger partial charge in [0.1, 0.15) is 0 Å². The molecule has 3 aliphatic heterocycles. The number of aromatic nitrogens is 1. The van der Waals surface area contributed by atoms with Crippen LogP contribution in [0.1, 0.15) is 25.3 Å². The first-order valence-electron chi connectivity index (χ1n) is 12.2. The van der Waals surface area contributed by atoms with Crippen molar-refractivity contribution in [3.63, 3.8) is 0 Å². The number of nitrogens with zero attached hydrogens (tertiary/aromatic N) is 3. The molecule has 2 fully saturated rings. The molecule has 200 valence electrons. The van der Waals surface area contributed by atoms with Crippen molar-refractivity contribution in [2.45, 2.75) is 51.0 Å². The molecule has 3 aliphatic rings. The largest absolute Gasteiger partial charge is 0.490 e. The lowest BCUT2D eigenvalue weighted by molar-refractivity contribution is -0.193. The number of alkyl halides is 3. The summed E-state index contributed by atoms with van der Waals surface area (Å²) in [5.74, 6) is -1.68. The minimum Gasteiger partial charge on any atom is -0.490 e. The van der Waals surface area contributed by atoms with Crippen LogP contribution >= 0.6 is 0 Å². The van der Waals surface area contributed by atoms with Crippen molar-refractivity contribution in [3.8, 4) is 5.75 Å². The average molecular weight is 515 g/mol. The van der Waals surface area contributed by atoms with Gasteiger partial charge in [-0.15, -0.1) is 0 Å². The van der Waals surface area contributed by atoms with E-state index >= 15 is 0 Å². The molecule has 0 radical (unpaired) electrons. The highest BCUT2D eigenvalue weighted by Crippen LogP contribution is 2.33. The topological polar surface area (TPSA) is 108 Å². The number of carbonyl (C=O) groups excluding carboxylic acids is 2. The minimum atomic E-state index is -4.65. The van der Waals surface area contributed by atoms with Crippen molar-refractivity contribution in [3.05, 3.63) is 17.8 Å². The number of pyridine rings is 1. The summed E-state index contributed by atoms with van der Waals surface area (Å²) in [7, 11) is 0. The van der Waals surface area contributed by atoms with Gasteiger partial charge in [-0.05, 0) is 25.5 Å². The second-order valence-electron chi connectivity index (χ2n) is 9.55. The van der Waals surface area contributed by atoms with Crippen LogP contribution in [0, 0.1) is 12.8 Å². The molecule has 2 saturated heterocycles. The Bertz CT molecular complexity index is 949. The zero-order valence-electron chi connectivity index (χ0n) is 20.4. The van der Waals surface area contributed by atoms with Crippen molar-refractivity contribution in [2.24, 2.45) is 5.92 Å². The van der Waals surface area contributed by atoms with Crippen LogP contribution in [0.4, 0.5) is 19.0 Å². The van der Waals surface area contributed by atoms with Crippen molar-refractivity contribution < 1.29 is 32.2 Å². The van der Waals surface area contributed by atoms with E-state index in [1.165, 1.54) is 0 Å². The van der Waals surface area contributed by atoms with Crippen LogP contribution in [0.5, 0.6) is 5.75 Å². The van der Waals surface area contributed by atoms with Gasteiger partial charge in [0.2, 0.25) is 11.8 Å². The van der Waals surface area contributed by atoms with Crippen LogP contribution in [-0.2, 0) is 14.3 Å². The van der Waals surface area contributed by atoms with Gasteiger partial charge in [-0.25, -0.2) is 10.4 Å². The second-order valence-corrected chi connectivity index (χ2v) is 9.55. The Hall–Kier alpha value is -2.64. The van der Waals surface area contributed by atoms with Crippen LogP contribution in [0.3, 0.4) is 0 Å². The molecule has 0 bridgehead atoms. The number of aryl methyl sites for hydroxylation is 1. The quantitative estimate of drug-likeness (QED) is 0.458. The Kier molecular flexibility index (Phi) is 8.20. The van der Waals surface area contributed by atoms with E-state index in [0.717, 1.165) is 23.6 Å². The number of piperazine rings is 1. The summed E-state index contributed by atoms with van der Waals surface area (Å²) in [5, 5.41) is 2.82. The number of carbonyl (C=O) groups is 2. The maximum absolute atomic E-state index is 13.3. The van der Waals surface area contributed by atoms with Gasteiger partial charge in [0, 0.05) is 50.9 Å². The summed E-state index contributed by atoms with van der Waals surface area (Å²) in [6.45, 7) is 6.23. The Morgan fingerprint density at radius 1 is 1.39 bits per heavy atom. The molecular formula is C23H33F3N6O4. The van der Waals surface area contributed by atoms with Gasteiger partial charge >= 0.3 is 6.18 Å². The summed E-state index contributed by atoms with van der Waals surface area (Å²) in [6.07, 6.45) is -1.87.